The van der Waals surface area contributed by atoms with Crippen molar-refractivity contribution < 1.29 is 4.79 Å². The number of nitrogens with zero attached hydrogens (tertiary/aromatic N) is 4. The number of nitrogens with one attached hydrogen (secondary N) is 1. The number of para-hydroxylation sites is 1. The second-order valence-electron chi connectivity index (χ2n) is 5.01. The smallest absolute Gasteiger partial charge is 0.224 e. The van der Waals surface area contributed by atoms with E-state index in [0.29, 0.717) is 19.5 Å². The van der Waals surface area contributed by atoms with E-state index in [4.69, 9.17) is 0 Å². The molecule has 21 heavy (non-hydrogen) atoms. The lowest BCUT2D eigenvalue weighted by atomic mass is 10.2. The van der Waals surface area contributed by atoms with Gasteiger partial charge in [-0.3, -0.25) is 4.79 Å². The third-order valence-electron chi connectivity index (χ3n) is 3.32. The van der Waals surface area contributed by atoms with Crippen molar-refractivity contribution in [2.24, 2.45) is 7.05 Å². The van der Waals surface area contributed by atoms with Crippen molar-refractivity contribution in [2.75, 3.05) is 6.54 Å². The van der Waals surface area contributed by atoms with E-state index in [9.17, 15) is 4.79 Å². The molecular weight excluding hydrogens is 266 g/mol. The van der Waals surface area contributed by atoms with Crippen molar-refractivity contribution >= 4 is 16.9 Å². The molecular formula is C15H17N5O. The van der Waals surface area contributed by atoms with Gasteiger partial charge < -0.3 is 9.88 Å². The highest BCUT2D eigenvalue weighted by Gasteiger charge is 2.06. The summed E-state index contributed by atoms with van der Waals surface area (Å²) in [6, 6.07) is 9.73. The fourth-order valence-electron chi connectivity index (χ4n) is 2.30. The van der Waals surface area contributed by atoms with Crippen molar-refractivity contribution in [3.05, 3.63) is 48.3 Å². The molecule has 6 nitrogen and oxygen atoms in total. The normalized spacial score (nSPS) is 10.9. The highest BCUT2D eigenvalue weighted by molar-refractivity contribution is 5.78. The summed E-state index contributed by atoms with van der Waals surface area (Å²) < 4.78 is 3.74. The van der Waals surface area contributed by atoms with Crippen molar-refractivity contribution in [2.45, 2.75) is 13.0 Å². The Hall–Kier alpha value is -2.63. The zero-order valence-corrected chi connectivity index (χ0v) is 11.9. The molecule has 2 aromatic heterocycles. The zero-order valence-electron chi connectivity index (χ0n) is 11.9. The molecule has 2 heterocycles. The van der Waals surface area contributed by atoms with E-state index in [-0.39, 0.29) is 5.91 Å². The van der Waals surface area contributed by atoms with Crippen LogP contribution in [0.15, 0.2) is 42.7 Å². The molecule has 108 valence electrons. The Morgan fingerprint density at radius 3 is 2.95 bits per heavy atom. The fraction of sp³-hybridized carbons (Fsp3) is 0.267. The molecule has 0 spiro atoms. The minimum Gasteiger partial charge on any atom is -0.357 e. The standard InChI is InChI=1S/C15H17N5O/c1-19-8-6-12(11-19)10-15(21)16-7-9-20-14-5-3-2-4-13(14)17-18-20/h2-6,8,11H,7,9-10H2,1H3,(H,16,21). The summed E-state index contributed by atoms with van der Waals surface area (Å²) in [6.45, 7) is 1.15. The number of rotatable bonds is 5. The number of carbonyl (C=O) groups excluding carboxylic acids is 1. The first-order valence-corrected chi connectivity index (χ1v) is 6.88. The average Bonchev–Trinajstić information content (AvgIpc) is 3.06. The van der Waals surface area contributed by atoms with Gasteiger partial charge in [0.15, 0.2) is 0 Å². The molecule has 0 atom stereocenters. The van der Waals surface area contributed by atoms with E-state index >= 15 is 0 Å². The van der Waals surface area contributed by atoms with Crippen LogP contribution in [0.4, 0.5) is 0 Å². The van der Waals surface area contributed by atoms with Gasteiger partial charge in [-0.15, -0.1) is 5.10 Å². The predicted molar refractivity (Wildman–Crippen MR) is 79.7 cm³/mol. The molecule has 0 unspecified atom stereocenters. The van der Waals surface area contributed by atoms with Crippen molar-refractivity contribution in [3.8, 4) is 0 Å². The summed E-state index contributed by atoms with van der Waals surface area (Å²) >= 11 is 0. The molecule has 3 rings (SSSR count). The van der Waals surface area contributed by atoms with Crippen LogP contribution in [0.25, 0.3) is 11.0 Å². The van der Waals surface area contributed by atoms with Crippen LogP contribution in [0.1, 0.15) is 5.56 Å². The monoisotopic (exact) mass is 283 g/mol. The third-order valence-corrected chi connectivity index (χ3v) is 3.32. The first-order valence-electron chi connectivity index (χ1n) is 6.88. The minimum atomic E-state index is 0.0191. The molecule has 0 aliphatic carbocycles. The van der Waals surface area contributed by atoms with E-state index < -0.39 is 0 Å². The van der Waals surface area contributed by atoms with Gasteiger partial charge in [0.05, 0.1) is 18.5 Å². The zero-order chi connectivity index (χ0) is 14.7. The molecule has 0 bridgehead atoms. The number of aromatic nitrogens is 4. The SMILES string of the molecule is Cn1ccc(CC(=O)NCCn2nnc3ccccc32)c1. The van der Waals surface area contributed by atoms with Gasteiger partial charge in [-0.05, 0) is 23.8 Å². The van der Waals surface area contributed by atoms with Gasteiger partial charge in [0.25, 0.3) is 0 Å². The largest absolute Gasteiger partial charge is 0.357 e. The Balaban J connectivity index is 1.53. The molecule has 0 saturated carbocycles. The summed E-state index contributed by atoms with van der Waals surface area (Å²) in [4.78, 5) is 11.8. The van der Waals surface area contributed by atoms with Crippen molar-refractivity contribution in [1.82, 2.24) is 24.9 Å². The van der Waals surface area contributed by atoms with Gasteiger partial charge in [-0.2, -0.15) is 0 Å². The Kier molecular flexibility index (Phi) is 3.68. The van der Waals surface area contributed by atoms with E-state index in [2.05, 4.69) is 15.6 Å². The molecule has 0 aliphatic rings. The van der Waals surface area contributed by atoms with E-state index in [1.807, 2.05) is 54.3 Å². The predicted octanol–water partition coefficient (Wildman–Crippen LogP) is 1.13. The van der Waals surface area contributed by atoms with Crippen LogP contribution in [0, 0.1) is 0 Å². The van der Waals surface area contributed by atoms with E-state index in [1.54, 1.807) is 4.68 Å². The van der Waals surface area contributed by atoms with Crippen LogP contribution in [-0.2, 0) is 24.8 Å². The van der Waals surface area contributed by atoms with Gasteiger partial charge in [-0.25, -0.2) is 4.68 Å². The maximum atomic E-state index is 11.8. The Labute approximate surface area is 122 Å². The van der Waals surface area contributed by atoms with Crippen LogP contribution in [0.5, 0.6) is 0 Å². The fourth-order valence-corrected chi connectivity index (χ4v) is 2.30. The van der Waals surface area contributed by atoms with Crippen molar-refractivity contribution in [3.63, 3.8) is 0 Å². The lowest BCUT2D eigenvalue weighted by Gasteiger charge is -2.05. The minimum absolute atomic E-state index is 0.0191. The van der Waals surface area contributed by atoms with Gasteiger partial charge in [0.2, 0.25) is 5.91 Å². The van der Waals surface area contributed by atoms with E-state index in [0.717, 1.165) is 16.6 Å². The van der Waals surface area contributed by atoms with Gasteiger partial charge in [0, 0.05) is 26.0 Å². The third kappa shape index (κ3) is 3.10. The lowest BCUT2D eigenvalue weighted by Crippen LogP contribution is -2.28. The van der Waals surface area contributed by atoms with Gasteiger partial charge in [-0.1, -0.05) is 17.3 Å². The Morgan fingerprint density at radius 1 is 1.29 bits per heavy atom. The number of fused-ring (bicyclic) bond motifs is 1. The molecule has 6 heteroatoms. The molecule has 1 amide bonds. The van der Waals surface area contributed by atoms with Crippen LogP contribution in [0.3, 0.4) is 0 Å². The molecule has 0 radical (unpaired) electrons. The summed E-state index contributed by atoms with van der Waals surface area (Å²) in [5.41, 5.74) is 2.86. The maximum absolute atomic E-state index is 11.8. The maximum Gasteiger partial charge on any atom is 0.224 e. The number of amides is 1. The second-order valence-corrected chi connectivity index (χ2v) is 5.01. The van der Waals surface area contributed by atoms with Crippen LogP contribution in [0.2, 0.25) is 0 Å². The summed E-state index contributed by atoms with van der Waals surface area (Å²) in [5, 5.41) is 11.1. The lowest BCUT2D eigenvalue weighted by molar-refractivity contribution is -0.120. The van der Waals surface area contributed by atoms with Crippen LogP contribution >= 0.6 is 0 Å². The van der Waals surface area contributed by atoms with Crippen LogP contribution in [-0.4, -0.2) is 32.0 Å². The molecule has 3 aromatic rings. The highest BCUT2D eigenvalue weighted by Crippen LogP contribution is 2.08. The number of hydrogen-bond acceptors (Lipinski definition) is 3. The van der Waals surface area contributed by atoms with Crippen molar-refractivity contribution in [1.29, 1.82) is 0 Å². The van der Waals surface area contributed by atoms with Gasteiger partial charge >= 0.3 is 0 Å². The first-order chi connectivity index (χ1) is 10.2. The summed E-state index contributed by atoms with van der Waals surface area (Å²) in [5.74, 6) is 0.0191. The first kappa shape index (κ1) is 13.4. The summed E-state index contributed by atoms with van der Waals surface area (Å²) in [6.07, 6.45) is 4.29. The molecule has 0 aliphatic heterocycles. The average molecular weight is 283 g/mol. The van der Waals surface area contributed by atoms with Gasteiger partial charge in [0.1, 0.15) is 5.52 Å². The number of benzene rings is 1. The molecule has 1 aromatic carbocycles. The van der Waals surface area contributed by atoms with Crippen LogP contribution < -0.4 is 5.32 Å². The quantitative estimate of drug-likeness (QED) is 0.763. The number of aryl methyl sites for hydroxylation is 1. The second kappa shape index (κ2) is 5.78. The number of carbonyl (C=O) groups is 1. The molecule has 0 fully saturated rings. The topological polar surface area (TPSA) is 64.7 Å². The highest BCUT2D eigenvalue weighted by atomic mass is 16.1. The Morgan fingerprint density at radius 2 is 2.14 bits per heavy atom. The summed E-state index contributed by atoms with van der Waals surface area (Å²) in [7, 11) is 1.94. The molecule has 1 N–H and O–H groups in total. The Bertz CT molecular complexity index is 758. The van der Waals surface area contributed by atoms with E-state index in [1.165, 1.54) is 0 Å². The molecule has 0 saturated heterocycles. The number of hydrogen-bond donors (Lipinski definition) is 1.